The van der Waals surface area contributed by atoms with E-state index in [1.807, 2.05) is 18.3 Å². The first kappa shape index (κ1) is 15.9. The van der Waals surface area contributed by atoms with E-state index in [1.165, 1.54) is 12.1 Å². The lowest BCUT2D eigenvalue weighted by atomic mass is 9.88. The van der Waals surface area contributed by atoms with Gasteiger partial charge in [-0.2, -0.15) is 0 Å². The van der Waals surface area contributed by atoms with Gasteiger partial charge in [0.1, 0.15) is 11.6 Å². The minimum atomic E-state index is -0.247. The van der Waals surface area contributed by atoms with Crippen LogP contribution in [0.1, 0.15) is 45.1 Å². The molecule has 1 saturated carbocycles. The Bertz CT molecular complexity index is 698. The van der Waals surface area contributed by atoms with Crippen LogP contribution in [0, 0.1) is 17.2 Å². The molecule has 1 aromatic carbocycles. The maximum atomic E-state index is 13.0. The molecule has 3 rings (SSSR count). The molecule has 0 N–H and O–H groups in total. The summed E-state index contributed by atoms with van der Waals surface area (Å²) in [5, 5.41) is 0. The Kier molecular flexibility index (Phi) is 4.05. The number of aromatic nitrogens is 1. The fraction of sp³-hybridized carbons (Fsp3) is 0.400. The highest BCUT2D eigenvalue weighted by molar-refractivity contribution is 5.85. The van der Waals surface area contributed by atoms with Crippen LogP contribution < -0.4 is 0 Å². The molecular weight excluding hydrogens is 289 g/mol. The monoisotopic (exact) mass is 311 g/mol. The molecule has 0 saturated heterocycles. The fourth-order valence-electron chi connectivity index (χ4n) is 2.99. The molecule has 1 aliphatic carbocycles. The predicted octanol–water partition coefficient (Wildman–Crippen LogP) is 5.00. The molecule has 2 aromatic rings. The number of halogens is 1. The van der Waals surface area contributed by atoms with E-state index < -0.39 is 0 Å². The summed E-state index contributed by atoms with van der Waals surface area (Å²) >= 11 is 0. The second-order valence-electron chi connectivity index (χ2n) is 7.64. The maximum absolute atomic E-state index is 13.0. The van der Waals surface area contributed by atoms with Crippen molar-refractivity contribution >= 4 is 5.78 Å². The first-order valence-electron chi connectivity index (χ1n) is 8.08. The van der Waals surface area contributed by atoms with Gasteiger partial charge < -0.3 is 0 Å². The Hall–Kier alpha value is -2.03. The molecule has 2 unspecified atom stereocenters. The number of carbonyl (C=O) groups excluding carboxylic acids is 1. The highest BCUT2D eigenvalue weighted by Gasteiger charge is 2.44. The number of ketones is 1. The van der Waals surface area contributed by atoms with Gasteiger partial charge in [-0.25, -0.2) is 4.39 Å². The largest absolute Gasteiger partial charge is 0.299 e. The third kappa shape index (κ3) is 3.84. The molecule has 23 heavy (non-hydrogen) atoms. The van der Waals surface area contributed by atoms with Gasteiger partial charge in [0.15, 0.2) is 0 Å². The lowest BCUT2D eigenvalue weighted by molar-refractivity contribution is -0.122. The summed E-state index contributed by atoms with van der Waals surface area (Å²) in [4.78, 5) is 16.7. The van der Waals surface area contributed by atoms with E-state index in [9.17, 15) is 9.18 Å². The van der Waals surface area contributed by atoms with Crippen LogP contribution in [-0.2, 0) is 4.79 Å². The summed E-state index contributed by atoms with van der Waals surface area (Å²) in [6.07, 6.45) is 3.43. The van der Waals surface area contributed by atoms with Crippen LogP contribution in [0.25, 0.3) is 11.3 Å². The molecule has 0 amide bonds. The second-order valence-corrected chi connectivity index (χ2v) is 7.64. The van der Waals surface area contributed by atoms with E-state index in [2.05, 4.69) is 25.8 Å². The first-order chi connectivity index (χ1) is 10.8. The highest BCUT2D eigenvalue weighted by Crippen LogP contribution is 2.49. The van der Waals surface area contributed by atoms with Gasteiger partial charge in [0, 0.05) is 24.1 Å². The topological polar surface area (TPSA) is 30.0 Å². The van der Waals surface area contributed by atoms with Crippen molar-refractivity contribution in [1.82, 2.24) is 4.98 Å². The minimum absolute atomic E-state index is 0.0505. The standard InChI is InChI=1S/C20H22FNO/c1-20(2,3)11-19(23)17-10-16(17)14-6-9-18(22-12-14)13-4-7-15(21)8-5-13/h4-9,12,16-17H,10-11H2,1-3H3. The number of rotatable bonds is 4. The number of pyridine rings is 1. The molecule has 0 spiro atoms. The third-order valence-corrected chi connectivity index (χ3v) is 4.26. The molecule has 1 aromatic heterocycles. The van der Waals surface area contributed by atoms with Gasteiger partial charge in [-0.05, 0) is 53.6 Å². The van der Waals surface area contributed by atoms with Crippen LogP contribution in [0.4, 0.5) is 4.39 Å². The molecule has 2 atom stereocenters. The summed E-state index contributed by atoms with van der Waals surface area (Å²) in [6.45, 7) is 6.30. The van der Waals surface area contributed by atoms with Crippen LogP contribution in [0.3, 0.4) is 0 Å². The second kappa shape index (κ2) is 5.88. The average Bonchev–Trinajstić information content (AvgIpc) is 3.27. The van der Waals surface area contributed by atoms with Crippen molar-refractivity contribution < 1.29 is 9.18 Å². The maximum Gasteiger partial charge on any atom is 0.137 e. The van der Waals surface area contributed by atoms with E-state index >= 15 is 0 Å². The number of hydrogen-bond acceptors (Lipinski definition) is 2. The minimum Gasteiger partial charge on any atom is -0.299 e. The van der Waals surface area contributed by atoms with Gasteiger partial charge >= 0.3 is 0 Å². The van der Waals surface area contributed by atoms with E-state index in [0.29, 0.717) is 18.1 Å². The molecule has 120 valence electrons. The molecule has 1 heterocycles. The number of benzene rings is 1. The Morgan fingerprint density at radius 3 is 2.43 bits per heavy atom. The molecule has 3 heteroatoms. The van der Waals surface area contributed by atoms with E-state index in [1.54, 1.807) is 12.1 Å². The summed E-state index contributed by atoms with van der Waals surface area (Å²) in [7, 11) is 0. The first-order valence-corrected chi connectivity index (χ1v) is 8.08. The third-order valence-electron chi connectivity index (χ3n) is 4.26. The van der Waals surface area contributed by atoms with Gasteiger partial charge in [-0.3, -0.25) is 9.78 Å². The van der Waals surface area contributed by atoms with Crippen molar-refractivity contribution in [2.45, 2.75) is 39.5 Å². The van der Waals surface area contributed by atoms with Crippen molar-refractivity contribution in [2.75, 3.05) is 0 Å². The van der Waals surface area contributed by atoms with Gasteiger partial charge in [-0.15, -0.1) is 0 Å². The van der Waals surface area contributed by atoms with Gasteiger partial charge in [0.2, 0.25) is 0 Å². The predicted molar refractivity (Wildman–Crippen MR) is 89.6 cm³/mol. The zero-order valence-electron chi connectivity index (χ0n) is 13.8. The van der Waals surface area contributed by atoms with Crippen molar-refractivity contribution in [3.8, 4) is 11.3 Å². The SMILES string of the molecule is CC(C)(C)CC(=O)C1CC1c1ccc(-c2ccc(F)cc2)nc1. The number of hydrogen-bond donors (Lipinski definition) is 0. The van der Waals surface area contributed by atoms with Gasteiger partial charge in [0.05, 0.1) is 5.69 Å². The summed E-state index contributed by atoms with van der Waals surface area (Å²) in [6, 6.07) is 10.3. The molecule has 0 aliphatic heterocycles. The zero-order chi connectivity index (χ0) is 16.6. The quantitative estimate of drug-likeness (QED) is 0.795. The van der Waals surface area contributed by atoms with Crippen LogP contribution in [-0.4, -0.2) is 10.8 Å². The summed E-state index contributed by atoms with van der Waals surface area (Å²) in [5.41, 5.74) is 2.90. The Morgan fingerprint density at radius 1 is 1.17 bits per heavy atom. The van der Waals surface area contributed by atoms with Crippen LogP contribution in [0.2, 0.25) is 0 Å². The number of Topliss-reactive ketones (excluding diaryl/α,β-unsaturated/α-hetero) is 1. The normalized spacial score (nSPS) is 20.3. The molecule has 2 nitrogen and oxygen atoms in total. The number of carbonyl (C=O) groups is 1. The van der Waals surface area contributed by atoms with Crippen LogP contribution >= 0.6 is 0 Å². The lowest BCUT2D eigenvalue weighted by Crippen LogP contribution is -2.14. The Morgan fingerprint density at radius 2 is 1.87 bits per heavy atom. The Labute approximate surface area is 136 Å². The smallest absolute Gasteiger partial charge is 0.137 e. The highest BCUT2D eigenvalue weighted by atomic mass is 19.1. The molecule has 1 aliphatic rings. The molecule has 0 radical (unpaired) electrons. The van der Waals surface area contributed by atoms with Crippen molar-refractivity contribution in [3.63, 3.8) is 0 Å². The number of nitrogens with zero attached hydrogens (tertiary/aromatic N) is 1. The fourth-order valence-corrected chi connectivity index (χ4v) is 2.99. The van der Waals surface area contributed by atoms with Crippen molar-refractivity contribution in [1.29, 1.82) is 0 Å². The van der Waals surface area contributed by atoms with Gasteiger partial charge in [-0.1, -0.05) is 26.8 Å². The molecular formula is C20H22FNO. The molecule has 0 bridgehead atoms. The summed E-state index contributed by atoms with van der Waals surface area (Å²) in [5.74, 6) is 0.598. The average molecular weight is 311 g/mol. The van der Waals surface area contributed by atoms with E-state index in [-0.39, 0.29) is 17.2 Å². The van der Waals surface area contributed by atoms with Crippen molar-refractivity contribution in [3.05, 3.63) is 54.0 Å². The van der Waals surface area contributed by atoms with E-state index in [0.717, 1.165) is 23.2 Å². The van der Waals surface area contributed by atoms with Crippen LogP contribution in [0.5, 0.6) is 0 Å². The van der Waals surface area contributed by atoms with E-state index in [4.69, 9.17) is 0 Å². The summed E-state index contributed by atoms with van der Waals surface area (Å²) < 4.78 is 13.0. The Balaban J connectivity index is 1.67. The molecule has 1 fully saturated rings. The van der Waals surface area contributed by atoms with Gasteiger partial charge in [0.25, 0.3) is 0 Å². The van der Waals surface area contributed by atoms with Crippen molar-refractivity contribution in [2.24, 2.45) is 11.3 Å². The zero-order valence-corrected chi connectivity index (χ0v) is 13.8. The van der Waals surface area contributed by atoms with Crippen LogP contribution in [0.15, 0.2) is 42.6 Å². The lowest BCUT2D eigenvalue weighted by Gasteiger charge is -2.16.